The third-order valence-electron chi connectivity index (χ3n) is 1.52. The van der Waals surface area contributed by atoms with Gasteiger partial charge in [0.25, 0.3) is 0 Å². The van der Waals surface area contributed by atoms with E-state index in [-0.39, 0.29) is 0 Å². The van der Waals surface area contributed by atoms with E-state index in [0.29, 0.717) is 6.10 Å². The lowest BCUT2D eigenvalue weighted by Crippen LogP contribution is -2.18. The van der Waals surface area contributed by atoms with Gasteiger partial charge in [-0.15, -0.1) is 0 Å². The molecule has 0 N–H and O–H groups in total. The van der Waals surface area contributed by atoms with Crippen LogP contribution in [0, 0.1) is 0 Å². The van der Waals surface area contributed by atoms with Crippen LogP contribution in [0.15, 0.2) is 0 Å². The first-order valence-corrected chi connectivity index (χ1v) is 5.85. The number of hydrogen-bond acceptors (Lipinski definition) is 3. The number of rotatable bonds is 0. The van der Waals surface area contributed by atoms with Gasteiger partial charge in [0.05, 0.1) is 24.1 Å². The third-order valence-corrected chi connectivity index (χ3v) is 3.30. The quantitative estimate of drug-likeness (QED) is 0.571. The molecule has 0 saturated carbocycles. The zero-order valence-electron chi connectivity index (χ0n) is 7.33. The fraction of sp³-hybridized carbons (Fsp3) is 1.00. The van der Waals surface area contributed by atoms with Crippen molar-refractivity contribution in [3.63, 3.8) is 0 Å². The van der Waals surface area contributed by atoms with E-state index in [4.69, 9.17) is 12.5 Å². The van der Waals surface area contributed by atoms with Crippen LogP contribution in [0.5, 0.6) is 0 Å². The minimum absolute atomic E-state index is 0.318. The van der Waals surface area contributed by atoms with Gasteiger partial charge in [-0.05, 0) is 0 Å². The monoisotopic (exact) mass is 180 g/mol. The molecule has 11 heavy (non-hydrogen) atoms. The Labute approximate surface area is 69.9 Å². The minimum atomic E-state index is -1.50. The van der Waals surface area contributed by atoms with E-state index < -0.39 is 10.9 Å². The fourth-order valence-electron chi connectivity index (χ4n) is 1.03. The van der Waals surface area contributed by atoms with E-state index in [1.54, 1.807) is 0 Å². The van der Waals surface area contributed by atoms with Crippen molar-refractivity contribution in [3.05, 3.63) is 0 Å². The molecule has 2 aliphatic rings. The molecule has 3 nitrogen and oxygen atoms in total. The van der Waals surface area contributed by atoms with Gasteiger partial charge in [0, 0.05) is 12.7 Å². The maximum absolute atomic E-state index is 5.42. The highest BCUT2D eigenvalue weighted by Gasteiger charge is 2.37. The SMILES string of the molecule is CC.CS12OCCC(CO1)O2. The van der Waals surface area contributed by atoms with Crippen LogP contribution in [0.4, 0.5) is 0 Å². The van der Waals surface area contributed by atoms with Crippen LogP contribution < -0.4 is 0 Å². The molecule has 4 heteroatoms. The van der Waals surface area contributed by atoms with Crippen molar-refractivity contribution in [1.82, 2.24) is 0 Å². The van der Waals surface area contributed by atoms with Crippen LogP contribution >= 0.6 is 10.9 Å². The van der Waals surface area contributed by atoms with Gasteiger partial charge in [-0.2, -0.15) is 0 Å². The predicted molar refractivity (Wildman–Crippen MR) is 46.3 cm³/mol. The first kappa shape index (κ1) is 9.32. The first-order chi connectivity index (χ1) is 5.29. The lowest BCUT2D eigenvalue weighted by molar-refractivity contribution is 0.147. The second-order valence-electron chi connectivity index (χ2n) is 2.32. The van der Waals surface area contributed by atoms with Gasteiger partial charge in [0.15, 0.2) is 0 Å². The van der Waals surface area contributed by atoms with Gasteiger partial charge in [-0.3, -0.25) is 12.5 Å². The molecule has 2 heterocycles. The largest absolute Gasteiger partial charge is 0.292 e. The van der Waals surface area contributed by atoms with Crippen LogP contribution in [0.25, 0.3) is 0 Å². The molecule has 0 aliphatic carbocycles. The summed E-state index contributed by atoms with van der Waals surface area (Å²) in [6.07, 6.45) is 3.20. The van der Waals surface area contributed by atoms with Crippen molar-refractivity contribution < 1.29 is 12.5 Å². The lowest BCUT2D eigenvalue weighted by atomic mass is 10.3. The molecule has 68 valence electrons. The van der Waals surface area contributed by atoms with Gasteiger partial charge in [-0.25, -0.2) is 0 Å². The second kappa shape index (κ2) is 3.76. The molecule has 2 fully saturated rings. The molecule has 0 amide bonds. The Bertz CT molecular complexity index is 127. The topological polar surface area (TPSA) is 27.7 Å². The molecular weight excluding hydrogens is 164 g/mol. The Balaban J connectivity index is 0.000000281. The van der Waals surface area contributed by atoms with Crippen molar-refractivity contribution in [3.8, 4) is 0 Å². The molecule has 2 aliphatic heterocycles. The van der Waals surface area contributed by atoms with Crippen molar-refractivity contribution in [1.29, 1.82) is 0 Å². The average molecular weight is 180 g/mol. The Morgan fingerprint density at radius 2 is 2.00 bits per heavy atom. The Morgan fingerprint density at radius 3 is 2.55 bits per heavy atom. The van der Waals surface area contributed by atoms with E-state index in [1.807, 2.05) is 20.1 Å². The molecule has 0 aromatic carbocycles. The molecule has 0 spiro atoms. The fourth-order valence-corrected chi connectivity index (χ4v) is 2.65. The number of hydrogen-bond donors (Lipinski definition) is 0. The molecule has 2 bridgehead atoms. The van der Waals surface area contributed by atoms with E-state index in [1.165, 1.54) is 0 Å². The standard InChI is InChI=1S/C5H10O3S.C2H6/c1-9-6-3-2-5(8-9)4-7-9;1-2/h5H,2-4H2,1H3;1-2H3. The normalized spacial score (nSPS) is 47.0. The summed E-state index contributed by atoms with van der Waals surface area (Å²) in [6, 6.07) is 0. The molecule has 2 atom stereocenters. The summed E-state index contributed by atoms with van der Waals surface area (Å²) in [7, 11) is -1.50. The molecule has 2 rings (SSSR count). The van der Waals surface area contributed by atoms with Gasteiger partial charge in [-0.1, -0.05) is 13.8 Å². The maximum Gasteiger partial charge on any atom is 0.102 e. The summed E-state index contributed by atoms with van der Waals surface area (Å²) in [5, 5.41) is 0. The highest BCUT2D eigenvalue weighted by molar-refractivity contribution is 8.21. The minimum Gasteiger partial charge on any atom is -0.292 e. The summed E-state index contributed by atoms with van der Waals surface area (Å²) in [5.74, 6) is 0. The maximum atomic E-state index is 5.42. The van der Waals surface area contributed by atoms with E-state index in [9.17, 15) is 0 Å². The van der Waals surface area contributed by atoms with E-state index >= 15 is 0 Å². The summed E-state index contributed by atoms with van der Waals surface area (Å²) in [5.41, 5.74) is 0. The zero-order valence-corrected chi connectivity index (χ0v) is 8.15. The van der Waals surface area contributed by atoms with Gasteiger partial charge in [0.1, 0.15) is 6.10 Å². The summed E-state index contributed by atoms with van der Waals surface area (Å²) >= 11 is 0. The van der Waals surface area contributed by atoms with Crippen LogP contribution in [0.1, 0.15) is 20.3 Å². The van der Waals surface area contributed by atoms with Crippen molar-refractivity contribution in [2.45, 2.75) is 26.4 Å². The third kappa shape index (κ3) is 2.08. The van der Waals surface area contributed by atoms with Crippen molar-refractivity contribution in [2.75, 3.05) is 19.5 Å². The predicted octanol–water partition coefficient (Wildman–Crippen LogP) is 2.03. The molecule has 2 unspecified atom stereocenters. The molecular formula is C7H16O3S. The molecule has 0 aromatic rings. The van der Waals surface area contributed by atoms with Gasteiger partial charge < -0.3 is 0 Å². The lowest BCUT2D eigenvalue weighted by Gasteiger charge is -2.31. The first-order valence-electron chi connectivity index (χ1n) is 4.04. The Hall–Kier alpha value is 0.230. The molecule has 0 radical (unpaired) electrons. The van der Waals surface area contributed by atoms with Gasteiger partial charge >= 0.3 is 0 Å². The van der Waals surface area contributed by atoms with E-state index in [2.05, 4.69) is 0 Å². The molecule has 2 saturated heterocycles. The highest BCUT2D eigenvalue weighted by Crippen LogP contribution is 2.56. The van der Waals surface area contributed by atoms with Crippen LogP contribution in [0.2, 0.25) is 0 Å². The second-order valence-corrected chi connectivity index (χ2v) is 4.39. The smallest absolute Gasteiger partial charge is 0.102 e. The van der Waals surface area contributed by atoms with Crippen LogP contribution in [-0.2, 0) is 12.5 Å². The summed E-state index contributed by atoms with van der Waals surface area (Å²) < 4.78 is 16.0. The van der Waals surface area contributed by atoms with Crippen molar-refractivity contribution >= 4 is 10.9 Å². The molecule has 0 aromatic heterocycles. The van der Waals surface area contributed by atoms with E-state index in [0.717, 1.165) is 19.6 Å². The Kier molecular flexibility index (Phi) is 3.18. The highest BCUT2D eigenvalue weighted by atomic mass is 32.3. The van der Waals surface area contributed by atoms with Gasteiger partial charge in [0.2, 0.25) is 0 Å². The summed E-state index contributed by atoms with van der Waals surface area (Å²) in [6.45, 7) is 5.53. The number of fused-ring (bicyclic) bond motifs is 2. The van der Waals surface area contributed by atoms with Crippen LogP contribution in [0.3, 0.4) is 0 Å². The summed E-state index contributed by atoms with van der Waals surface area (Å²) in [4.78, 5) is 0. The zero-order chi connectivity index (χ0) is 8.32. The average Bonchev–Trinajstić information content (AvgIpc) is 2.30. The Morgan fingerprint density at radius 1 is 1.27 bits per heavy atom. The van der Waals surface area contributed by atoms with Crippen molar-refractivity contribution in [2.24, 2.45) is 0 Å². The van der Waals surface area contributed by atoms with Crippen LogP contribution in [-0.4, -0.2) is 25.6 Å².